The first-order valence-corrected chi connectivity index (χ1v) is 7.10. The van der Waals surface area contributed by atoms with E-state index in [1.54, 1.807) is 22.9 Å². The van der Waals surface area contributed by atoms with Crippen LogP contribution in [0, 0.1) is 0 Å². The number of hydrogen-bond acceptors (Lipinski definition) is 2. The van der Waals surface area contributed by atoms with Gasteiger partial charge in [-0.2, -0.15) is 13.2 Å². The quantitative estimate of drug-likeness (QED) is 0.772. The van der Waals surface area contributed by atoms with Crippen LogP contribution in [-0.4, -0.2) is 17.8 Å². The van der Waals surface area contributed by atoms with Crippen LogP contribution in [-0.2, 0) is 15.7 Å². The average molecular weight is 352 g/mol. The maximum atomic E-state index is 12.8. The molecule has 1 saturated heterocycles. The maximum absolute atomic E-state index is 12.8. The molecular formula is C14H10Cl2F3NO2. The molecule has 3 rings (SSSR count). The van der Waals surface area contributed by atoms with Crippen molar-refractivity contribution in [3.63, 3.8) is 0 Å². The van der Waals surface area contributed by atoms with E-state index in [9.17, 15) is 13.2 Å². The van der Waals surface area contributed by atoms with E-state index in [-0.39, 0.29) is 15.7 Å². The molecule has 0 amide bonds. The number of nitrogens with zero attached hydrogens (tertiary/aromatic N) is 1. The zero-order valence-electron chi connectivity index (χ0n) is 11.0. The van der Waals surface area contributed by atoms with Gasteiger partial charge in [-0.05, 0) is 24.3 Å². The lowest BCUT2D eigenvalue weighted by Crippen LogP contribution is -2.09. The number of hydrogen-bond donors (Lipinski definition) is 0. The van der Waals surface area contributed by atoms with Crippen LogP contribution in [0.2, 0.25) is 10.0 Å². The monoisotopic (exact) mass is 351 g/mol. The maximum Gasteiger partial charge on any atom is 0.416 e. The van der Waals surface area contributed by atoms with Crippen LogP contribution >= 0.6 is 23.2 Å². The Balaban J connectivity index is 2.08. The Morgan fingerprint density at radius 3 is 2.23 bits per heavy atom. The smallest absolute Gasteiger partial charge is 0.345 e. The summed E-state index contributed by atoms with van der Waals surface area (Å²) in [5, 5.41) is -0.203. The molecule has 8 heteroatoms. The summed E-state index contributed by atoms with van der Waals surface area (Å²) in [6, 6.07) is 5.15. The van der Waals surface area contributed by atoms with Gasteiger partial charge in [-0.15, -0.1) is 0 Å². The molecule has 2 heterocycles. The van der Waals surface area contributed by atoms with E-state index in [0.29, 0.717) is 18.9 Å². The summed E-state index contributed by atoms with van der Waals surface area (Å²) in [6.45, 7) is 0.897. The Morgan fingerprint density at radius 2 is 1.68 bits per heavy atom. The van der Waals surface area contributed by atoms with Crippen LogP contribution in [0.3, 0.4) is 0 Å². The van der Waals surface area contributed by atoms with Crippen molar-refractivity contribution >= 4 is 23.2 Å². The van der Waals surface area contributed by atoms with Crippen molar-refractivity contribution in [2.45, 2.75) is 12.5 Å². The van der Waals surface area contributed by atoms with Crippen molar-refractivity contribution in [3.05, 3.63) is 51.8 Å². The molecule has 0 bridgehead atoms. The number of ether oxygens (including phenoxy) is 2. The SMILES string of the molecule is FC(F)(F)c1cc(Cl)c(-n2cccc2C2OCCO2)c(Cl)c1. The molecule has 0 saturated carbocycles. The summed E-state index contributed by atoms with van der Waals surface area (Å²) >= 11 is 12.0. The van der Waals surface area contributed by atoms with Gasteiger partial charge in [0, 0.05) is 6.20 Å². The second-order valence-corrected chi connectivity index (χ2v) is 5.48. The predicted molar refractivity (Wildman–Crippen MR) is 75.4 cm³/mol. The number of rotatable bonds is 2. The molecule has 0 spiro atoms. The van der Waals surface area contributed by atoms with E-state index in [0.717, 1.165) is 12.1 Å². The van der Waals surface area contributed by atoms with E-state index in [1.165, 1.54) is 0 Å². The first-order valence-electron chi connectivity index (χ1n) is 6.35. The third kappa shape index (κ3) is 2.84. The number of aromatic nitrogens is 1. The Labute approximate surface area is 134 Å². The van der Waals surface area contributed by atoms with Crippen molar-refractivity contribution in [2.75, 3.05) is 13.2 Å². The second kappa shape index (κ2) is 5.77. The molecule has 1 aliphatic rings. The number of halogens is 5. The topological polar surface area (TPSA) is 23.4 Å². The van der Waals surface area contributed by atoms with Gasteiger partial charge in [0.2, 0.25) is 0 Å². The van der Waals surface area contributed by atoms with Gasteiger partial charge >= 0.3 is 6.18 Å². The summed E-state index contributed by atoms with van der Waals surface area (Å²) in [6.07, 6.45) is -3.46. The van der Waals surface area contributed by atoms with Crippen LogP contribution in [0.5, 0.6) is 0 Å². The molecule has 0 radical (unpaired) electrons. The average Bonchev–Trinajstić information content (AvgIpc) is 3.06. The van der Waals surface area contributed by atoms with Gasteiger partial charge in [-0.1, -0.05) is 23.2 Å². The first kappa shape index (κ1) is 15.7. The summed E-state index contributed by atoms with van der Waals surface area (Å²) in [5.74, 6) is 0. The molecular weight excluding hydrogens is 342 g/mol. The predicted octanol–water partition coefficient (Wildman–Crippen LogP) is 4.85. The van der Waals surface area contributed by atoms with Crippen molar-refractivity contribution in [1.29, 1.82) is 0 Å². The van der Waals surface area contributed by atoms with Crippen molar-refractivity contribution in [1.82, 2.24) is 4.57 Å². The first-order chi connectivity index (χ1) is 10.4. The largest absolute Gasteiger partial charge is 0.416 e. The third-order valence-corrected chi connectivity index (χ3v) is 3.80. The van der Waals surface area contributed by atoms with Gasteiger partial charge in [0.25, 0.3) is 0 Å². The van der Waals surface area contributed by atoms with Gasteiger partial charge in [-0.3, -0.25) is 0 Å². The fourth-order valence-corrected chi connectivity index (χ4v) is 2.95. The molecule has 118 valence electrons. The lowest BCUT2D eigenvalue weighted by Gasteiger charge is -2.17. The van der Waals surface area contributed by atoms with Crippen molar-refractivity contribution in [2.24, 2.45) is 0 Å². The lowest BCUT2D eigenvalue weighted by molar-refractivity contribution is -0.137. The molecule has 3 nitrogen and oxygen atoms in total. The fraction of sp³-hybridized carbons (Fsp3) is 0.286. The highest BCUT2D eigenvalue weighted by molar-refractivity contribution is 6.37. The van der Waals surface area contributed by atoms with E-state index in [1.807, 2.05) is 0 Å². The molecule has 1 aliphatic heterocycles. The van der Waals surface area contributed by atoms with Crippen LogP contribution in [0.25, 0.3) is 5.69 Å². The highest BCUT2D eigenvalue weighted by atomic mass is 35.5. The molecule has 1 aromatic carbocycles. The fourth-order valence-electron chi connectivity index (χ4n) is 2.28. The molecule has 0 N–H and O–H groups in total. The van der Waals surface area contributed by atoms with E-state index < -0.39 is 18.0 Å². The van der Waals surface area contributed by atoms with E-state index >= 15 is 0 Å². The summed E-state index contributed by atoms with van der Waals surface area (Å²) in [7, 11) is 0. The molecule has 0 atom stereocenters. The van der Waals surface area contributed by atoms with Gasteiger partial charge < -0.3 is 14.0 Å². The Kier molecular flexibility index (Phi) is 4.11. The minimum atomic E-state index is -4.51. The van der Waals surface area contributed by atoms with Gasteiger partial charge in [0.05, 0.1) is 40.2 Å². The lowest BCUT2D eigenvalue weighted by atomic mass is 10.2. The molecule has 22 heavy (non-hydrogen) atoms. The molecule has 0 aliphatic carbocycles. The minimum absolute atomic E-state index is 0.102. The van der Waals surface area contributed by atoms with Gasteiger partial charge in [0.15, 0.2) is 6.29 Å². The Hall–Kier alpha value is -1.21. The van der Waals surface area contributed by atoms with Crippen LogP contribution < -0.4 is 0 Å². The third-order valence-electron chi connectivity index (χ3n) is 3.23. The normalized spacial score (nSPS) is 16.4. The summed E-state index contributed by atoms with van der Waals surface area (Å²) in [5.41, 5.74) is -0.0233. The molecule has 0 unspecified atom stereocenters. The van der Waals surface area contributed by atoms with E-state index in [4.69, 9.17) is 32.7 Å². The van der Waals surface area contributed by atoms with Crippen LogP contribution in [0.1, 0.15) is 17.5 Å². The highest BCUT2D eigenvalue weighted by Gasteiger charge is 2.32. The summed E-state index contributed by atoms with van der Waals surface area (Å²) in [4.78, 5) is 0. The second-order valence-electron chi connectivity index (χ2n) is 4.66. The number of alkyl halides is 3. The number of benzene rings is 1. The zero-order valence-corrected chi connectivity index (χ0v) is 12.5. The molecule has 1 aromatic heterocycles. The molecule has 1 fully saturated rings. The Bertz CT molecular complexity index is 671. The summed E-state index contributed by atoms with van der Waals surface area (Å²) < 4.78 is 50.7. The van der Waals surface area contributed by atoms with Gasteiger partial charge in [0.1, 0.15) is 0 Å². The van der Waals surface area contributed by atoms with Crippen molar-refractivity contribution < 1.29 is 22.6 Å². The zero-order chi connectivity index (χ0) is 15.9. The van der Waals surface area contributed by atoms with Crippen LogP contribution in [0.4, 0.5) is 13.2 Å². The van der Waals surface area contributed by atoms with Gasteiger partial charge in [-0.25, -0.2) is 0 Å². The van der Waals surface area contributed by atoms with E-state index in [2.05, 4.69) is 0 Å². The minimum Gasteiger partial charge on any atom is -0.345 e. The van der Waals surface area contributed by atoms with Crippen LogP contribution in [0.15, 0.2) is 30.5 Å². The standard InChI is InChI=1S/C14H10Cl2F3NO2/c15-9-6-8(14(17,18)19)7-10(16)12(9)20-3-1-2-11(20)13-21-4-5-22-13/h1-3,6-7,13H,4-5H2. The highest BCUT2D eigenvalue weighted by Crippen LogP contribution is 2.39. The Morgan fingerprint density at radius 1 is 1.09 bits per heavy atom. The van der Waals surface area contributed by atoms with Crippen molar-refractivity contribution in [3.8, 4) is 5.69 Å². The molecule has 2 aromatic rings.